The lowest BCUT2D eigenvalue weighted by atomic mass is 10.1. The molecule has 1 aromatic rings. The molecule has 1 atom stereocenters. The Balaban J connectivity index is 2.43. The molecule has 5 heteroatoms. The van der Waals surface area contributed by atoms with Gasteiger partial charge in [-0.15, -0.1) is 0 Å². The SMILES string of the molecule is CC(C)NC(=O)CCNC(C)c1ccc(Br)cc1Cl. The van der Waals surface area contributed by atoms with Gasteiger partial charge in [0.1, 0.15) is 0 Å². The van der Waals surface area contributed by atoms with Gasteiger partial charge in [-0.2, -0.15) is 0 Å². The zero-order valence-corrected chi connectivity index (χ0v) is 13.8. The average Bonchev–Trinajstić information content (AvgIpc) is 2.27. The summed E-state index contributed by atoms with van der Waals surface area (Å²) in [4.78, 5) is 11.5. The molecule has 0 aromatic heterocycles. The van der Waals surface area contributed by atoms with Crippen molar-refractivity contribution in [3.63, 3.8) is 0 Å². The van der Waals surface area contributed by atoms with E-state index in [1.165, 1.54) is 0 Å². The number of nitrogens with one attached hydrogen (secondary N) is 2. The summed E-state index contributed by atoms with van der Waals surface area (Å²) in [5.74, 6) is 0.0663. The van der Waals surface area contributed by atoms with E-state index in [1.807, 2.05) is 39.0 Å². The Morgan fingerprint density at radius 1 is 1.37 bits per heavy atom. The van der Waals surface area contributed by atoms with Crippen molar-refractivity contribution >= 4 is 33.4 Å². The van der Waals surface area contributed by atoms with Crippen LogP contribution in [0.4, 0.5) is 0 Å². The third-order valence-corrected chi connectivity index (χ3v) is 3.50. The molecule has 1 unspecified atom stereocenters. The second-order valence-electron chi connectivity index (χ2n) is 4.81. The smallest absolute Gasteiger partial charge is 0.221 e. The van der Waals surface area contributed by atoms with Gasteiger partial charge in [0.15, 0.2) is 0 Å². The zero-order valence-electron chi connectivity index (χ0n) is 11.5. The predicted octanol–water partition coefficient (Wildman–Crippen LogP) is 3.67. The first-order valence-corrected chi connectivity index (χ1v) is 7.55. The first kappa shape index (κ1) is 16.5. The molecule has 2 N–H and O–H groups in total. The van der Waals surface area contributed by atoms with Crippen molar-refractivity contribution in [2.45, 2.75) is 39.3 Å². The largest absolute Gasteiger partial charge is 0.354 e. The minimum absolute atomic E-state index is 0.0663. The van der Waals surface area contributed by atoms with Crippen LogP contribution in [0.1, 0.15) is 38.8 Å². The molecule has 1 amide bonds. The maximum Gasteiger partial charge on any atom is 0.221 e. The summed E-state index contributed by atoms with van der Waals surface area (Å²) in [6, 6.07) is 6.13. The molecule has 3 nitrogen and oxygen atoms in total. The fourth-order valence-electron chi connectivity index (χ4n) is 1.76. The zero-order chi connectivity index (χ0) is 14.4. The Bertz CT molecular complexity index is 437. The van der Waals surface area contributed by atoms with Crippen molar-refractivity contribution in [3.8, 4) is 0 Å². The fraction of sp³-hybridized carbons (Fsp3) is 0.500. The Labute approximate surface area is 128 Å². The Kier molecular flexibility index (Phi) is 6.83. The summed E-state index contributed by atoms with van der Waals surface area (Å²) in [6.07, 6.45) is 0.469. The van der Waals surface area contributed by atoms with Gasteiger partial charge in [-0.05, 0) is 38.5 Å². The summed E-state index contributed by atoms with van der Waals surface area (Å²) in [7, 11) is 0. The minimum atomic E-state index is 0.0663. The minimum Gasteiger partial charge on any atom is -0.354 e. The number of hydrogen-bond acceptors (Lipinski definition) is 2. The van der Waals surface area contributed by atoms with Crippen LogP contribution in [0.25, 0.3) is 0 Å². The highest BCUT2D eigenvalue weighted by Gasteiger charge is 2.10. The van der Waals surface area contributed by atoms with Crippen LogP contribution in [-0.2, 0) is 4.79 Å². The first-order chi connectivity index (χ1) is 8.90. The molecule has 1 aromatic carbocycles. The lowest BCUT2D eigenvalue weighted by molar-refractivity contribution is -0.121. The van der Waals surface area contributed by atoms with Crippen molar-refractivity contribution < 1.29 is 4.79 Å². The molecule has 0 aliphatic heterocycles. The number of benzene rings is 1. The monoisotopic (exact) mass is 346 g/mol. The van der Waals surface area contributed by atoms with Crippen molar-refractivity contribution in [3.05, 3.63) is 33.3 Å². The Hall–Kier alpha value is -0.580. The van der Waals surface area contributed by atoms with E-state index in [0.29, 0.717) is 13.0 Å². The summed E-state index contributed by atoms with van der Waals surface area (Å²) >= 11 is 9.57. The van der Waals surface area contributed by atoms with Crippen molar-refractivity contribution in [2.75, 3.05) is 6.54 Å². The number of carbonyl (C=O) groups excluding carboxylic acids is 1. The number of hydrogen-bond donors (Lipinski definition) is 2. The molecule has 0 aliphatic carbocycles. The van der Waals surface area contributed by atoms with Gasteiger partial charge in [0.25, 0.3) is 0 Å². The van der Waals surface area contributed by atoms with Crippen molar-refractivity contribution in [2.24, 2.45) is 0 Å². The summed E-state index contributed by atoms with van der Waals surface area (Å²) in [5, 5.41) is 6.89. The maximum atomic E-state index is 11.5. The molecule has 0 saturated carbocycles. The van der Waals surface area contributed by atoms with Gasteiger partial charge >= 0.3 is 0 Å². The molecule has 0 saturated heterocycles. The molecule has 19 heavy (non-hydrogen) atoms. The van der Waals surface area contributed by atoms with E-state index in [1.54, 1.807) is 0 Å². The highest BCUT2D eigenvalue weighted by molar-refractivity contribution is 9.10. The quantitative estimate of drug-likeness (QED) is 0.824. The van der Waals surface area contributed by atoms with Gasteiger partial charge in [0, 0.05) is 34.5 Å². The third kappa shape index (κ3) is 5.93. The molecule has 0 aliphatic rings. The van der Waals surface area contributed by atoms with Crippen LogP contribution in [0, 0.1) is 0 Å². The van der Waals surface area contributed by atoms with Crippen LogP contribution < -0.4 is 10.6 Å². The van der Waals surface area contributed by atoms with Gasteiger partial charge < -0.3 is 10.6 Å². The summed E-state index contributed by atoms with van der Waals surface area (Å²) in [5.41, 5.74) is 1.04. The first-order valence-electron chi connectivity index (χ1n) is 6.38. The molecule has 0 heterocycles. The van der Waals surface area contributed by atoms with Gasteiger partial charge in [-0.3, -0.25) is 4.79 Å². The van der Waals surface area contributed by atoms with Crippen LogP contribution in [0.15, 0.2) is 22.7 Å². The summed E-state index contributed by atoms with van der Waals surface area (Å²) < 4.78 is 0.963. The van der Waals surface area contributed by atoms with E-state index in [4.69, 9.17) is 11.6 Å². The number of rotatable bonds is 6. The van der Waals surface area contributed by atoms with E-state index in [0.717, 1.165) is 15.1 Å². The maximum absolute atomic E-state index is 11.5. The molecular weight excluding hydrogens is 328 g/mol. The summed E-state index contributed by atoms with van der Waals surface area (Å²) in [6.45, 7) is 6.58. The van der Waals surface area contributed by atoms with Crippen molar-refractivity contribution in [1.29, 1.82) is 0 Å². The van der Waals surface area contributed by atoms with Crippen LogP contribution in [0.2, 0.25) is 5.02 Å². The Morgan fingerprint density at radius 3 is 2.63 bits per heavy atom. The number of carbonyl (C=O) groups is 1. The standard InChI is InChI=1S/C14H20BrClN2O/c1-9(2)18-14(19)6-7-17-10(3)12-5-4-11(15)8-13(12)16/h4-5,8-10,17H,6-7H2,1-3H3,(H,18,19). The van der Waals surface area contributed by atoms with Crippen LogP contribution in [-0.4, -0.2) is 18.5 Å². The van der Waals surface area contributed by atoms with E-state index >= 15 is 0 Å². The van der Waals surface area contributed by atoms with E-state index in [9.17, 15) is 4.79 Å². The lowest BCUT2D eigenvalue weighted by Crippen LogP contribution is -2.33. The molecule has 0 bridgehead atoms. The van der Waals surface area contributed by atoms with E-state index in [-0.39, 0.29) is 18.0 Å². The molecular formula is C14H20BrClN2O. The van der Waals surface area contributed by atoms with Gasteiger partial charge in [0.2, 0.25) is 5.91 Å². The second-order valence-corrected chi connectivity index (χ2v) is 6.14. The van der Waals surface area contributed by atoms with Crippen molar-refractivity contribution in [1.82, 2.24) is 10.6 Å². The lowest BCUT2D eigenvalue weighted by Gasteiger charge is -2.16. The Morgan fingerprint density at radius 2 is 2.05 bits per heavy atom. The van der Waals surface area contributed by atoms with Crippen LogP contribution in [0.3, 0.4) is 0 Å². The normalized spacial score (nSPS) is 12.5. The van der Waals surface area contributed by atoms with E-state index < -0.39 is 0 Å². The fourth-order valence-corrected chi connectivity index (χ4v) is 2.60. The topological polar surface area (TPSA) is 41.1 Å². The molecule has 0 spiro atoms. The van der Waals surface area contributed by atoms with Crippen LogP contribution >= 0.6 is 27.5 Å². The van der Waals surface area contributed by atoms with Gasteiger partial charge in [-0.25, -0.2) is 0 Å². The predicted molar refractivity (Wildman–Crippen MR) is 83.5 cm³/mol. The number of amides is 1. The molecule has 1 rings (SSSR count). The van der Waals surface area contributed by atoms with Gasteiger partial charge in [-0.1, -0.05) is 33.6 Å². The molecule has 0 fully saturated rings. The van der Waals surface area contributed by atoms with Crippen LogP contribution in [0.5, 0.6) is 0 Å². The van der Waals surface area contributed by atoms with E-state index in [2.05, 4.69) is 26.6 Å². The second kappa shape index (κ2) is 7.88. The highest BCUT2D eigenvalue weighted by atomic mass is 79.9. The van der Waals surface area contributed by atoms with Gasteiger partial charge in [0.05, 0.1) is 0 Å². The molecule has 0 radical (unpaired) electrons. The number of halogens is 2. The molecule has 106 valence electrons. The average molecular weight is 348 g/mol. The third-order valence-electron chi connectivity index (χ3n) is 2.68. The highest BCUT2D eigenvalue weighted by Crippen LogP contribution is 2.26.